The SMILES string of the molecule is Cc1cc(F)ccc1[C@H]1C[C@@H](SCCO)CCN1C(=O)N(C)[C@@H](C)c1cc(C(F)(F)F)cc(C(F)(F)F)c1. The number of urea groups is 1. The van der Waals surface area contributed by atoms with Crippen LogP contribution in [0.3, 0.4) is 0 Å². The van der Waals surface area contributed by atoms with E-state index in [0.29, 0.717) is 41.9 Å². The van der Waals surface area contributed by atoms with E-state index in [9.17, 15) is 40.6 Å². The Morgan fingerprint density at radius 2 is 1.71 bits per heavy atom. The van der Waals surface area contributed by atoms with Crippen LogP contribution in [0, 0.1) is 12.7 Å². The summed E-state index contributed by atoms with van der Waals surface area (Å²) in [5.74, 6) is 0.0591. The normalized spacial score (nSPS) is 19.4. The number of aliphatic hydroxyl groups is 1. The summed E-state index contributed by atoms with van der Waals surface area (Å²) in [7, 11) is 1.34. The van der Waals surface area contributed by atoms with E-state index >= 15 is 0 Å². The first kappa shape index (κ1) is 30.1. The number of benzene rings is 2. The molecule has 1 N–H and O–H groups in total. The molecule has 0 saturated carbocycles. The maximum Gasteiger partial charge on any atom is 0.416 e. The molecule has 1 aliphatic heterocycles. The number of thioether (sulfide) groups is 1. The van der Waals surface area contributed by atoms with Gasteiger partial charge < -0.3 is 14.9 Å². The second-order valence-corrected chi connectivity index (χ2v) is 10.8. The number of rotatable bonds is 6. The van der Waals surface area contributed by atoms with Gasteiger partial charge in [0.2, 0.25) is 0 Å². The molecule has 38 heavy (non-hydrogen) atoms. The zero-order valence-corrected chi connectivity index (χ0v) is 21.9. The van der Waals surface area contributed by atoms with Crippen LogP contribution in [0.2, 0.25) is 0 Å². The van der Waals surface area contributed by atoms with Crippen LogP contribution in [0.4, 0.5) is 35.5 Å². The number of nitrogens with zero attached hydrogens (tertiary/aromatic N) is 2. The Labute approximate surface area is 220 Å². The van der Waals surface area contributed by atoms with Gasteiger partial charge in [0.25, 0.3) is 0 Å². The molecule has 0 bridgehead atoms. The lowest BCUT2D eigenvalue weighted by atomic mass is 9.92. The third kappa shape index (κ3) is 6.93. The molecule has 2 aromatic rings. The number of piperidine rings is 1. The highest BCUT2D eigenvalue weighted by atomic mass is 32.2. The molecule has 0 spiro atoms. The van der Waals surface area contributed by atoms with E-state index in [1.165, 1.54) is 31.0 Å². The summed E-state index contributed by atoms with van der Waals surface area (Å²) >= 11 is 1.55. The smallest absolute Gasteiger partial charge is 0.396 e. The second kappa shape index (κ2) is 11.7. The van der Waals surface area contributed by atoms with E-state index in [2.05, 4.69) is 0 Å². The Morgan fingerprint density at radius 1 is 1.11 bits per heavy atom. The Bertz CT molecular complexity index is 1110. The van der Waals surface area contributed by atoms with Crippen molar-refractivity contribution in [3.05, 3.63) is 70.0 Å². The maximum atomic E-state index is 13.8. The van der Waals surface area contributed by atoms with E-state index in [4.69, 9.17) is 0 Å². The van der Waals surface area contributed by atoms with Crippen molar-refractivity contribution in [1.82, 2.24) is 9.80 Å². The standard InChI is InChI=1S/C26H29F7N2O2S/c1-15-10-20(27)4-5-22(15)23-14-21(38-9-8-36)6-7-35(23)24(37)34(3)16(2)17-11-18(25(28,29)30)13-19(12-17)26(31,32)33/h4-5,10-13,16,21,23,36H,6-9,14H2,1-3H3/t16-,21-,23+/m0/s1. The molecule has 2 amide bonds. The Hall–Kier alpha value is -2.47. The van der Waals surface area contributed by atoms with Gasteiger partial charge >= 0.3 is 18.4 Å². The largest absolute Gasteiger partial charge is 0.416 e. The molecule has 0 unspecified atom stereocenters. The van der Waals surface area contributed by atoms with Gasteiger partial charge in [-0.1, -0.05) is 6.07 Å². The van der Waals surface area contributed by atoms with Crippen LogP contribution in [0.15, 0.2) is 36.4 Å². The van der Waals surface area contributed by atoms with Crippen molar-refractivity contribution in [3.8, 4) is 0 Å². The van der Waals surface area contributed by atoms with Gasteiger partial charge in [0.1, 0.15) is 5.82 Å². The molecule has 4 nitrogen and oxygen atoms in total. The van der Waals surface area contributed by atoms with Gasteiger partial charge in [-0.25, -0.2) is 9.18 Å². The predicted molar refractivity (Wildman–Crippen MR) is 131 cm³/mol. The Balaban J connectivity index is 1.95. The van der Waals surface area contributed by atoms with Crippen molar-refractivity contribution in [2.24, 2.45) is 0 Å². The number of hydrogen-bond acceptors (Lipinski definition) is 3. The molecule has 1 saturated heterocycles. The fourth-order valence-corrected chi connectivity index (χ4v) is 5.68. The monoisotopic (exact) mass is 566 g/mol. The van der Waals surface area contributed by atoms with Gasteiger partial charge in [0, 0.05) is 24.6 Å². The number of carbonyl (C=O) groups is 1. The first-order valence-corrected chi connectivity index (χ1v) is 13.0. The number of hydrogen-bond donors (Lipinski definition) is 1. The second-order valence-electron chi connectivity index (χ2n) is 9.36. The highest BCUT2D eigenvalue weighted by Gasteiger charge is 2.39. The summed E-state index contributed by atoms with van der Waals surface area (Å²) in [5.41, 5.74) is -1.88. The molecule has 1 heterocycles. The van der Waals surface area contributed by atoms with Crippen molar-refractivity contribution in [2.45, 2.75) is 56.4 Å². The Kier molecular flexibility index (Phi) is 9.28. The molecule has 1 fully saturated rings. The number of alkyl halides is 6. The molecule has 12 heteroatoms. The molecule has 2 aromatic carbocycles. The lowest BCUT2D eigenvalue weighted by Gasteiger charge is -2.43. The van der Waals surface area contributed by atoms with Crippen molar-refractivity contribution in [2.75, 3.05) is 26.0 Å². The van der Waals surface area contributed by atoms with Crippen molar-refractivity contribution in [1.29, 1.82) is 0 Å². The summed E-state index contributed by atoms with van der Waals surface area (Å²) in [4.78, 5) is 16.3. The van der Waals surface area contributed by atoms with Crippen LogP contribution in [0.25, 0.3) is 0 Å². The summed E-state index contributed by atoms with van der Waals surface area (Å²) in [6.45, 7) is 3.34. The highest BCUT2D eigenvalue weighted by Crippen LogP contribution is 2.41. The first-order chi connectivity index (χ1) is 17.6. The zero-order chi connectivity index (χ0) is 28.4. The summed E-state index contributed by atoms with van der Waals surface area (Å²) < 4.78 is 94.1. The van der Waals surface area contributed by atoms with Crippen LogP contribution in [0.1, 0.15) is 59.7 Å². The number of aryl methyl sites for hydroxylation is 1. The van der Waals surface area contributed by atoms with Crippen molar-refractivity contribution < 1.29 is 40.6 Å². The van der Waals surface area contributed by atoms with E-state index < -0.39 is 47.4 Å². The number of aliphatic hydroxyl groups excluding tert-OH is 1. The average molecular weight is 567 g/mol. The molecule has 1 aliphatic rings. The zero-order valence-electron chi connectivity index (χ0n) is 21.0. The first-order valence-electron chi connectivity index (χ1n) is 11.9. The quantitative estimate of drug-likeness (QED) is 0.376. The summed E-state index contributed by atoms with van der Waals surface area (Å²) in [5, 5.41) is 9.30. The minimum Gasteiger partial charge on any atom is -0.396 e. The molecular formula is C26H29F7N2O2S. The third-order valence-electron chi connectivity index (χ3n) is 6.81. The van der Waals surface area contributed by atoms with Crippen LogP contribution in [-0.4, -0.2) is 52.1 Å². The molecule has 0 aromatic heterocycles. The lowest BCUT2D eigenvalue weighted by molar-refractivity contribution is -0.143. The topological polar surface area (TPSA) is 43.8 Å². The molecule has 3 atom stereocenters. The lowest BCUT2D eigenvalue weighted by Crippen LogP contribution is -2.48. The molecule has 210 valence electrons. The van der Waals surface area contributed by atoms with Crippen molar-refractivity contribution >= 4 is 17.8 Å². The highest BCUT2D eigenvalue weighted by molar-refractivity contribution is 7.99. The minimum absolute atomic E-state index is 0.0127. The molecule has 0 aliphatic carbocycles. The van der Waals surface area contributed by atoms with Crippen LogP contribution in [0.5, 0.6) is 0 Å². The van der Waals surface area contributed by atoms with Crippen LogP contribution < -0.4 is 0 Å². The van der Waals surface area contributed by atoms with E-state index in [-0.39, 0.29) is 30.0 Å². The Morgan fingerprint density at radius 3 is 2.24 bits per heavy atom. The van der Waals surface area contributed by atoms with Gasteiger partial charge in [0.05, 0.1) is 29.8 Å². The average Bonchev–Trinajstić information content (AvgIpc) is 2.84. The summed E-state index contributed by atoms with van der Waals surface area (Å²) in [6.07, 6.45) is -8.93. The fraction of sp³-hybridized carbons (Fsp3) is 0.500. The van der Waals surface area contributed by atoms with Gasteiger partial charge in [-0.15, -0.1) is 0 Å². The predicted octanol–water partition coefficient (Wildman–Crippen LogP) is 7.22. The van der Waals surface area contributed by atoms with Crippen molar-refractivity contribution in [3.63, 3.8) is 0 Å². The van der Waals surface area contributed by atoms with E-state index in [0.717, 1.165) is 4.90 Å². The van der Waals surface area contributed by atoms with Gasteiger partial charge in [0.15, 0.2) is 0 Å². The minimum atomic E-state index is -5.00. The molecule has 3 rings (SSSR count). The fourth-order valence-electron chi connectivity index (χ4n) is 4.65. The maximum absolute atomic E-state index is 13.8. The molecular weight excluding hydrogens is 537 g/mol. The van der Waals surface area contributed by atoms with E-state index in [1.54, 1.807) is 24.8 Å². The summed E-state index contributed by atoms with van der Waals surface area (Å²) in [6, 6.07) is 3.35. The van der Waals surface area contributed by atoms with Crippen LogP contribution >= 0.6 is 11.8 Å². The van der Waals surface area contributed by atoms with Gasteiger partial charge in [-0.05, 0) is 73.7 Å². The van der Waals surface area contributed by atoms with Crippen LogP contribution in [-0.2, 0) is 12.4 Å². The number of likely N-dealkylation sites (tertiary alicyclic amines) is 1. The van der Waals surface area contributed by atoms with E-state index in [1.807, 2.05) is 0 Å². The number of amides is 2. The number of halogens is 7. The number of carbonyl (C=O) groups excluding carboxylic acids is 1. The van der Waals surface area contributed by atoms with Gasteiger partial charge in [-0.2, -0.15) is 38.1 Å². The molecule has 0 radical (unpaired) electrons. The third-order valence-corrected chi connectivity index (χ3v) is 8.13. The van der Waals surface area contributed by atoms with Gasteiger partial charge in [-0.3, -0.25) is 0 Å².